The largest absolute Gasteiger partial charge is 0.353 e. The first-order valence-corrected chi connectivity index (χ1v) is 10.4. The molecule has 2 unspecified atom stereocenters. The molecule has 4 rings (SSSR count). The lowest BCUT2D eigenvalue weighted by Gasteiger charge is -2.37. The first-order chi connectivity index (χ1) is 12.7. The smallest absolute Gasteiger partial charge is 0.225 e. The molecule has 2 saturated carbocycles. The predicted molar refractivity (Wildman–Crippen MR) is 109 cm³/mol. The molecule has 1 saturated heterocycles. The van der Waals surface area contributed by atoms with Crippen LogP contribution in [-0.4, -0.2) is 35.8 Å². The predicted octanol–water partition coefficient (Wildman–Crippen LogP) is 3.63. The van der Waals surface area contributed by atoms with Crippen molar-refractivity contribution in [3.8, 4) is 0 Å². The highest BCUT2D eigenvalue weighted by molar-refractivity contribution is 5.82. The maximum atomic E-state index is 12.9. The Morgan fingerprint density at radius 2 is 1.89 bits per heavy atom. The normalized spacial score (nSPS) is 31.9. The fraction of sp³-hybridized carbons (Fsp3) is 0.652. The molecular formula is C23H34N2O2. The Bertz CT molecular complexity index is 749. The molecule has 2 aliphatic carbocycles. The first-order valence-electron chi connectivity index (χ1n) is 10.4. The number of carbonyl (C=O) groups excluding carboxylic acids is 2. The summed E-state index contributed by atoms with van der Waals surface area (Å²) in [5.74, 6) is 1.11. The third kappa shape index (κ3) is 3.28. The lowest BCUT2D eigenvalue weighted by Crippen LogP contribution is -2.50. The van der Waals surface area contributed by atoms with Gasteiger partial charge in [-0.3, -0.25) is 9.59 Å². The molecule has 4 nitrogen and oxygen atoms in total. The number of carbonyl (C=O) groups is 2. The Morgan fingerprint density at radius 1 is 1.22 bits per heavy atom. The Labute approximate surface area is 164 Å². The van der Waals surface area contributed by atoms with Crippen molar-refractivity contribution in [3.05, 3.63) is 35.4 Å². The monoisotopic (exact) mass is 370 g/mol. The van der Waals surface area contributed by atoms with E-state index in [1.807, 2.05) is 6.92 Å². The van der Waals surface area contributed by atoms with Crippen molar-refractivity contribution < 1.29 is 11.0 Å². The summed E-state index contributed by atoms with van der Waals surface area (Å²) in [5, 5.41) is 3.00. The van der Waals surface area contributed by atoms with Crippen molar-refractivity contribution >= 4 is 11.8 Å². The zero-order valence-corrected chi connectivity index (χ0v) is 17.0. The number of hydrogen-bond acceptors (Lipinski definition) is 2. The van der Waals surface area contributed by atoms with Gasteiger partial charge >= 0.3 is 0 Å². The fourth-order valence-corrected chi connectivity index (χ4v) is 4.93. The molecule has 3 fully saturated rings. The zero-order chi connectivity index (χ0) is 19.4. The highest BCUT2D eigenvalue weighted by Crippen LogP contribution is 2.59. The topological polar surface area (TPSA) is 49.4 Å². The molecule has 1 N–H and O–H groups in total. The van der Waals surface area contributed by atoms with Crippen LogP contribution in [-0.2, 0) is 20.4 Å². The number of piperidine rings is 1. The van der Waals surface area contributed by atoms with Crippen molar-refractivity contribution in [2.24, 2.45) is 11.8 Å². The van der Waals surface area contributed by atoms with Gasteiger partial charge in [0.25, 0.3) is 0 Å². The van der Waals surface area contributed by atoms with Gasteiger partial charge in [0.2, 0.25) is 11.8 Å². The van der Waals surface area contributed by atoms with Gasteiger partial charge in [0.15, 0.2) is 0 Å². The summed E-state index contributed by atoms with van der Waals surface area (Å²) in [6.45, 7) is 10.4. The van der Waals surface area contributed by atoms with Gasteiger partial charge in [0.1, 0.15) is 0 Å². The summed E-state index contributed by atoms with van der Waals surface area (Å²) in [7, 11) is 0. The molecule has 0 spiro atoms. The third-order valence-electron chi connectivity index (χ3n) is 6.96. The van der Waals surface area contributed by atoms with E-state index in [2.05, 4.69) is 55.3 Å². The van der Waals surface area contributed by atoms with Gasteiger partial charge in [0, 0.05) is 38.3 Å². The van der Waals surface area contributed by atoms with E-state index in [0.29, 0.717) is 18.2 Å². The Hall–Kier alpha value is -1.84. The summed E-state index contributed by atoms with van der Waals surface area (Å²) >= 11 is 0. The van der Waals surface area contributed by atoms with Gasteiger partial charge in [-0.25, -0.2) is 0 Å². The van der Waals surface area contributed by atoms with Crippen molar-refractivity contribution in [2.45, 2.75) is 70.3 Å². The zero-order valence-electron chi connectivity index (χ0n) is 17.0. The molecule has 2 amide bonds. The Kier molecular flexibility index (Phi) is 4.36. The van der Waals surface area contributed by atoms with Gasteiger partial charge < -0.3 is 10.2 Å². The molecule has 0 radical (unpaired) electrons. The standard InChI is InChI=1S/C23H32N2O2.H2/c1-5-20(26)24-19-10-15(11-19)21(27)25-13-18-12-23(18,14-25)17-8-6-16(7-9-17)22(2,3)4;/h6-9,15,18-19H,5,10-14H2,1-4H3,(H,24,26);1H. The van der Waals surface area contributed by atoms with Gasteiger partial charge in [0.05, 0.1) is 0 Å². The van der Waals surface area contributed by atoms with E-state index in [9.17, 15) is 9.59 Å². The van der Waals surface area contributed by atoms with Crippen molar-refractivity contribution in [1.82, 2.24) is 10.2 Å². The Balaban J connectivity index is 0.00000225. The first kappa shape index (κ1) is 18.5. The summed E-state index contributed by atoms with van der Waals surface area (Å²) < 4.78 is 0. The molecule has 1 aromatic rings. The van der Waals surface area contributed by atoms with E-state index < -0.39 is 0 Å². The van der Waals surface area contributed by atoms with Gasteiger partial charge in [-0.2, -0.15) is 0 Å². The number of likely N-dealkylation sites (tertiary alicyclic amines) is 1. The number of hydrogen-bond donors (Lipinski definition) is 1. The van der Waals surface area contributed by atoms with E-state index in [0.717, 1.165) is 25.9 Å². The molecule has 3 aliphatic rings. The van der Waals surface area contributed by atoms with E-state index >= 15 is 0 Å². The number of benzene rings is 1. The molecule has 1 aromatic carbocycles. The number of fused-ring (bicyclic) bond motifs is 1. The summed E-state index contributed by atoms with van der Waals surface area (Å²) in [5.41, 5.74) is 3.13. The highest BCUT2D eigenvalue weighted by atomic mass is 16.2. The van der Waals surface area contributed by atoms with Crippen molar-refractivity contribution in [3.63, 3.8) is 0 Å². The van der Waals surface area contributed by atoms with Crippen molar-refractivity contribution in [2.75, 3.05) is 13.1 Å². The number of rotatable bonds is 4. The molecular weight excluding hydrogens is 336 g/mol. The number of nitrogens with zero attached hydrogens (tertiary/aromatic N) is 1. The second-order valence-corrected chi connectivity index (χ2v) is 9.89. The second kappa shape index (κ2) is 6.35. The summed E-state index contributed by atoms with van der Waals surface area (Å²) in [6, 6.07) is 9.29. The highest BCUT2D eigenvalue weighted by Gasteiger charge is 2.62. The van der Waals surface area contributed by atoms with Gasteiger partial charge in [-0.05, 0) is 41.7 Å². The Morgan fingerprint density at radius 3 is 2.48 bits per heavy atom. The SMILES string of the molecule is CCC(=O)NC1CC(C(=O)N2CC3CC3(c3ccc(C(C)(C)C)cc3)C2)C1.[HH]. The van der Waals surface area contributed by atoms with Crippen LogP contribution in [0.5, 0.6) is 0 Å². The lowest BCUT2D eigenvalue weighted by molar-refractivity contribution is -0.139. The fourth-order valence-electron chi connectivity index (χ4n) is 4.93. The number of amides is 2. The minimum absolute atomic E-state index is 0. The van der Waals surface area contributed by atoms with E-state index in [1.54, 1.807) is 0 Å². The van der Waals surface area contributed by atoms with E-state index in [4.69, 9.17) is 0 Å². The van der Waals surface area contributed by atoms with Crippen LogP contribution in [0, 0.1) is 11.8 Å². The van der Waals surface area contributed by atoms with E-state index in [1.165, 1.54) is 17.5 Å². The minimum atomic E-state index is 0. The van der Waals surface area contributed by atoms with Crippen molar-refractivity contribution in [1.29, 1.82) is 0 Å². The van der Waals surface area contributed by atoms with Crippen LogP contribution in [0.25, 0.3) is 0 Å². The third-order valence-corrected chi connectivity index (χ3v) is 6.96. The maximum absolute atomic E-state index is 12.9. The molecule has 0 bridgehead atoms. The van der Waals surface area contributed by atoms with Crippen LogP contribution in [0.15, 0.2) is 24.3 Å². The molecule has 2 atom stereocenters. The number of nitrogens with one attached hydrogen (secondary N) is 1. The lowest BCUT2D eigenvalue weighted by atomic mass is 9.79. The second-order valence-electron chi connectivity index (χ2n) is 9.89. The van der Waals surface area contributed by atoms with E-state index in [-0.39, 0.29) is 30.1 Å². The summed E-state index contributed by atoms with van der Waals surface area (Å²) in [4.78, 5) is 26.4. The molecule has 1 heterocycles. The van der Waals surface area contributed by atoms with Crippen LogP contribution in [0.2, 0.25) is 0 Å². The quantitative estimate of drug-likeness (QED) is 0.880. The summed E-state index contributed by atoms with van der Waals surface area (Å²) in [6.07, 6.45) is 3.34. The molecule has 4 heteroatoms. The molecule has 0 aromatic heterocycles. The molecule has 148 valence electrons. The average molecular weight is 371 g/mol. The van der Waals surface area contributed by atoms with Gasteiger partial charge in [-0.1, -0.05) is 52.0 Å². The molecule has 27 heavy (non-hydrogen) atoms. The van der Waals surface area contributed by atoms with Crippen LogP contribution in [0.4, 0.5) is 0 Å². The van der Waals surface area contributed by atoms with Crippen LogP contribution >= 0.6 is 0 Å². The van der Waals surface area contributed by atoms with Crippen LogP contribution in [0.3, 0.4) is 0 Å². The molecule has 1 aliphatic heterocycles. The van der Waals surface area contributed by atoms with Crippen LogP contribution < -0.4 is 5.32 Å². The van der Waals surface area contributed by atoms with Crippen LogP contribution in [0.1, 0.15) is 65.9 Å². The minimum Gasteiger partial charge on any atom is -0.353 e. The maximum Gasteiger partial charge on any atom is 0.225 e. The average Bonchev–Trinajstić information content (AvgIpc) is 3.17. The van der Waals surface area contributed by atoms with Gasteiger partial charge in [-0.15, -0.1) is 0 Å².